The molecule has 130 valence electrons. The maximum Gasteiger partial charge on any atom is 0.0923 e. The van der Waals surface area contributed by atoms with Gasteiger partial charge < -0.3 is 5.32 Å². The standard InChI is InChI=1S/C22H22N4/c1-26-14-19-13-18(4-7-22(19)25-26)21-6-3-17-12-16(2-5-20(17)24-21)15-8-10-23-11-9-15/h2-7,12-15,23H,8-11H2,1H3. The lowest BCUT2D eigenvalue weighted by atomic mass is 9.89. The van der Waals surface area contributed by atoms with Crippen LogP contribution in [0.15, 0.2) is 54.7 Å². The largest absolute Gasteiger partial charge is 0.317 e. The number of fused-ring (bicyclic) bond motifs is 2. The van der Waals surface area contributed by atoms with E-state index in [1.807, 2.05) is 17.9 Å². The van der Waals surface area contributed by atoms with Crippen LogP contribution in [-0.4, -0.2) is 27.9 Å². The molecule has 26 heavy (non-hydrogen) atoms. The molecule has 4 heteroatoms. The molecule has 0 saturated carbocycles. The second-order valence-corrected chi connectivity index (χ2v) is 7.25. The van der Waals surface area contributed by atoms with E-state index in [2.05, 4.69) is 58.9 Å². The maximum absolute atomic E-state index is 4.91. The molecule has 0 bridgehead atoms. The number of piperidine rings is 1. The summed E-state index contributed by atoms with van der Waals surface area (Å²) in [6, 6.07) is 17.4. The normalized spacial score (nSPS) is 15.7. The second-order valence-electron chi connectivity index (χ2n) is 7.25. The Labute approximate surface area is 152 Å². The van der Waals surface area contributed by atoms with Crippen molar-refractivity contribution in [1.29, 1.82) is 0 Å². The Bertz CT molecular complexity index is 1090. The maximum atomic E-state index is 4.91. The van der Waals surface area contributed by atoms with Gasteiger partial charge in [0.1, 0.15) is 0 Å². The van der Waals surface area contributed by atoms with Crippen molar-refractivity contribution < 1.29 is 0 Å². The highest BCUT2D eigenvalue weighted by molar-refractivity contribution is 5.86. The molecule has 1 aliphatic heterocycles. The third-order valence-electron chi connectivity index (χ3n) is 5.44. The molecule has 3 heterocycles. The molecule has 0 radical (unpaired) electrons. The predicted molar refractivity (Wildman–Crippen MR) is 106 cm³/mol. The highest BCUT2D eigenvalue weighted by Gasteiger charge is 2.15. The first-order chi connectivity index (χ1) is 12.8. The summed E-state index contributed by atoms with van der Waals surface area (Å²) in [6.07, 6.45) is 4.50. The number of nitrogens with zero attached hydrogens (tertiary/aromatic N) is 3. The van der Waals surface area contributed by atoms with Crippen molar-refractivity contribution in [2.45, 2.75) is 18.8 Å². The van der Waals surface area contributed by atoms with E-state index < -0.39 is 0 Å². The molecule has 1 saturated heterocycles. The van der Waals surface area contributed by atoms with Crippen LogP contribution in [0.2, 0.25) is 0 Å². The number of hydrogen-bond donors (Lipinski definition) is 1. The molecular formula is C22H22N4. The minimum Gasteiger partial charge on any atom is -0.317 e. The van der Waals surface area contributed by atoms with E-state index >= 15 is 0 Å². The Morgan fingerprint density at radius 1 is 0.923 bits per heavy atom. The lowest BCUT2D eigenvalue weighted by molar-refractivity contribution is 0.460. The molecule has 0 spiro atoms. The summed E-state index contributed by atoms with van der Waals surface area (Å²) in [5.74, 6) is 0.674. The van der Waals surface area contributed by atoms with Gasteiger partial charge in [-0.2, -0.15) is 5.10 Å². The number of aryl methyl sites for hydroxylation is 1. The number of aromatic nitrogens is 3. The minimum absolute atomic E-state index is 0.674. The molecule has 0 amide bonds. The predicted octanol–water partition coefficient (Wildman–Crippen LogP) is 4.26. The van der Waals surface area contributed by atoms with Gasteiger partial charge in [-0.05, 0) is 67.7 Å². The van der Waals surface area contributed by atoms with Gasteiger partial charge in [0.2, 0.25) is 0 Å². The highest BCUT2D eigenvalue weighted by atomic mass is 15.2. The Morgan fingerprint density at radius 3 is 2.65 bits per heavy atom. The van der Waals surface area contributed by atoms with E-state index in [1.54, 1.807) is 0 Å². The Morgan fingerprint density at radius 2 is 1.77 bits per heavy atom. The monoisotopic (exact) mass is 342 g/mol. The van der Waals surface area contributed by atoms with Crippen LogP contribution < -0.4 is 5.32 Å². The Kier molecular flexibility index (Phi) is 3.71. The van der Waals surface area contributed by atoms with Gasteiger partial charge in [-0.3, -0.25) is 4.68 Å². The van der Waals surface area contributed by atoms with Crippen LogP contribution in [0.3, 0.4) is 0 Å². The lowest BCUT2D eigenvalue weighted by Gasteiger charge is -2.23. The van der Waals surface area contributed by atoms with Crippen LogP contribution in [0.4, 0.5) is 0 Å². The van der Waals surface area contributed by atoms with Gasteiger partial charge in [-0.1, -0.05) is 18.2 Å². The van der Waals surface area contributed by atoms with Crippen LogP contribution in [0.1, 0.15) is 24.3 Å². The average molecular weight is 342 g/mol. The molecule has 0 unspecified atom stereocenters. The first-order valence-electron chi connectivity index (χ1n) is 9.31. The first kappa shape index (κ1) is 15.5. The molecule has 1 N–H and O–H groups in total. The van der Waals surface area contributed by atoms with Crippen molar-refractivity contribution in [2.24, 2.45) is 7.05 Å². The van der Waals surface area contributed by atoms with E-state index in [0.717, 1.165) is 40.8 Å². The van der Waals surface area contributed by atoms with Gasteiger partial charge in [0.15, 0.2) is 0 Å². The zero-order chi connectivity index (χ0) is 17.5. The molecule has 4 aromatic rings. The van der Waals surface area contributed by atoms with Gasteiger partial charge in [0.05, 0.1) is 16.7 Å². The number of benzene rings is 2. The van der Waals surface area contributed by atoms with Crippen LogP contribution in [0.5, 0.6) is 0 Å². The lowest BCUT2D eigenvalue weighted by Crippen LogP contribution is -2.26. The number of nitrogens with one attached hydrogen (secondary N) is 1. The quantitative estimate of drug-likeness (QED) is 0.592. The fraction of sp³-hybridized carbons (Fsp3) is 0.273. The van der Waals surface area contributed by atoms with Crippen molar-refractivity contribution in [3.05, 3.63) is 60.3 Å². The molecule has 1 fully saturated rings. The summed E-state index contributed by atoms with van der Waals surface area (Å²) >= 11 is 0. The van der Waals surface area contributed by atoms with Crippen molar-refractivity contribution in [3.8, 4) is 11.3 Å². The van der Waals surface area contributed by atoms with Gasteiger partial charge in [0.25, 0.3) is 0 Å². The molecular weight excluding hydrogens is 320 g/mol. The summed E-state index contributed by atoms with van der Waals surface area (Å²) in [7, 11) is 1.95. The van der Waals surface area contributed by atoms with E-state index in [9.17, 15) is 0 Å². The highest BCUT2D eigenvalue weighted by Crippen LogP contribution is 2.29. The zero-order valence-electron chi connectivity index (χ0n) is 14.9. The van der Waals surface area contributed by atoms with Crippen molar-refractivity contribution >= 4 is 21.8 Å². The molecule has 1 aliphatic rings. The van der Waals surface area contributed by atoms with E-state index in [-0.39, 0.29) is 0 Å². The topological polar surface area (TPSA) is 42.7 Å². The van der Waals surface area contributed by atoms with Gasteiger partial charge in [-0.25, -0.2) is 4.98 Å². The van der Waals surface area contributed by atoms with E-state index in [0.29, 0.717) is 5.92 Å². The second kappa shape index (κ2) is 6.22. The third kappa shape index (κ3) is 2.76. The third-order valence-corrected chi connectivity index (χ3v) is 5.44. The minimum atomic E-state index is 0.674. The van der Waals surface area contributed by atoms with Crippen molar-refractivity contribution in [2.75, 3.05) is 13.1 Å². The number of pyridine rings is 1. The molecule has 4 nitrogen and oxygen atoms in total. The van der Waals surface area contributed by atoms with Gasteiger partial charge in [0, 0.05) is 29.6 Å². The van der Waals surface area contributed by atoms with Crippen molar-refractivity contribution in [1.82, 2.24) is 20.1 Å². The van der Waals surface area contributed by atoms with Crippen LogP contribution >= 0.6 is 0 Å². The van der Waals surface area contributed by atoms with E-state index in [1.165, 1.54) is 23.8 Å². The zero-order valence-corrected chi connectivity index (χ0v) is 14.9. The Balaban J connectivity index is 1.52. The van der Waals surface area contributed by atoms with Gasteiger partial charge >= 0.3 is 0 Å². The molecule has 0 atom stereocenters. The molecule has 0 aliphatic carbocycles. The molecule has 2 aromatic heterocycles. The van der Waals surface area contributed by atoms with Crippen LogP contribution in [0, 0.1) is 0 Å². The number of hydrogen-bond acceptors (Lipinski definition) is 3. The summed E-state index contributed by atoms with van der Waals surface area (Å²) in [5.41, 5.74) is 5.67. The summed E-state index contributed by atoms with van der Waals surface area (Å²) in [4.78, 5) is 4.91. The SMILES string of the molecule is Cn1cc2cc(-c3ccc4cc(C5CCNCC5)ccc4n3)ccc2n1. The molecule has 2 aromatic carbocycles. The van der Waals surface area contributed by atoms with Crippen molar-refractivity contribution in [3.63, 3.8) is 0 Å². The van der Waals surface area contributed by atoms with Gasteiger partial charge in [-0.15, -0.1) is 0 Å². The fourth-order valence-electron chi connectivity index (χ4n) is 4.02. The Hall–Kier alpha value is -2.72. The number of rotatable bonds is 2. The summed E-state index contributed by atoms with van der Waals surface area (Å²) in [5, 5.41) is 10.3. The van der Waals surface area contributed by atoms with Crippen LogP contribution in [-0.2, 0) is 7.05 Å². The summed E-state index contributed by atoms with van der Waals surface area (Å²) < 4.78 is 1.85. The van der Waals surface area contributed by atoms with Crippen LogP contribution in [0.25, 0.3) is 33.1 Å². The smallest absolute Gasteiger partial charge is 0.0923 e. The first-order valence-corrected chi connectivity index (χ1v) is 9.31. The fourth-order valence-corrected chi connectivity index (χ4v) is 4.02. The molecule has 5 rings (SSSR count). The summed E-state index contributed by atoms with van der Waals surface area (Å²) in [6.45, 7) is 2.24. The average Bonchev–Trinajstić information content (AvgIpc) is 3.07. The van der Waals surface area contributed by atoms with E-state index in [4.69, 9.17) is 4.98 Å².